The van der Waals surface area contributed by atoms with Crippen LogP contribution in [0.2, 0.25) is 0 Å². The molecule has 58 valence electrons. The maximum atomic E-state index is 11.0. The molecular formula is C7H6NO3-. The Bertz CT molecular complexity index is 340. The van der Waals surface area contributed by atoms with E-state index in [1.165, 1.54) is 29.9 Å². The molecule has 4 heteroatoms. The summed E-state index contributed by atoms with van der Waals surface area (Å²) >= 11 is 0. The number of hydrogen-bond acceptors (Lipinski definition) is 3. The van der Waals surface area contributed by atoms with Gasteiger partial charge in [0.25, 0.3) is 5.56 Å². The van der Waals surface area contributed by atoms with Crippen molar-refractivity contribution in [3.63, 3.8) is 0 Å². The van der Waals surface area contributed by atoms with Gasteiger partial charge in [-0.15, -0.1) is 0 Å². The highest BCUT2D eigenvalue weighted by atomic mass is 16.4. The molecule has 0 aliphatic rings. The topological polar surface area (TPSA) is 62.1 Å². The predicted molar refractivity (Wildman–Crippen MR) is 36.0 cm³/mol. The molecule has 0 N–H and O–H groups in total. The van der Waals surface area contributed by atoms with Crippen molar-refractivity contribution in [2.24, 2.45) is 7.05 Å². The summed E-state index contributed by atoms with van der Waals surface area (Å²) in [5.41, 5.74) is -0.859. The zero-order valence-corrected chi connectivity index (χ0v) is 5.90. The first-order valence-corrected chi connectivity index (χ1v) is 3.00. The van der Waals surface area contributed by atoms with Crippen LogP contribution < -0.4 is 10.7 Å². The molecule has 1 heterocycles. The number of aromatic nitrogens is 1. The third kappa shape index (κ3) is 1.29. The minimum absolute atomic E-state index is 0.310. The number of carboxylic acid groups (broad SMARTS) is 1. The van der Waals surface area contributed by atoms with Gasteiger partial charge >= 0.3 is 0 Å². The van der Waals surface area contributed by atoms with Crippen LogP contribution in [-0.2, 0) is 7.05 Å². The van der Waals surface area contributed by atoms with Crippen molar-refractivity contribution < 1.29 is 9.90 Å². The minimum atomic E-state index is -1.44. The first-order chi connectivity index (χ1) is 5.13. The lowest BCUT2D eigenvalue weighted by molar-refractivity contribution is -0.255. The highest BCUT2D eigenvalue weighted by Gasteiger charge is 1.99. The summed E-state index contributed by atoms with van der Waals surface area (Å²) in [4.78, 5) is 21.2. The van der Waals surface area contributed by atoms with Crippen molar-refractivity contribution in [1.29, 1.82) is 0 Å². The van der Waals surface area contributed by atoms with Crippen LogP contribution in [0.1, 0.15) is 10.4 Å². The number of aromatic carboxylic acids is 1. The predicted octanol–water partition coefficient (Wildman–Crippen LogP) is -1.25. The zero-order valence-electron chi connectivity index (χ0n) is 5.90. The number of aryl methyl sites for hydroxylation is 1. The van der Waals surface area contributed by atoms with Crippen LogP contribution >= 0.6 is 0 Å². The second kappa shape index (κ2) is 2.57. The van der Waals surface area contributed by atoms with Crippen LogP contribution in [-0.4, -0.2) is 10.5 Å². The number of hydrogen-bond donors (Lipinski definition) is 0. The molecule has 0 unspecified atom stereocenters. The first kappa shape index (κ1) is 7.53. The number of carbonyl (C=O) groups is 1. The van der Waals surface area contributed by atoms with E-state index in [0.29, 0.717) is 0 Å². The molecule has 1 rings (SSSR count). The van der Waals surface area contributed by atoms with Gasteiger partial charge < -0.3 is 14.5 Å². The fourth-order valence-corrected chi connectivity index (χ4v) is 0.753. The van der Waals surface area contributed by atoms with Crippen LogP contribution in [0, 0.1) is 0 Å². The second-order valence-corrected chi connectivity index (χ2v) is 2.13. The Balaban J connectivity index is 3.40. The SMILES string of the molecule is Cn1cccc(C(=O)[O-])c1=O. The van der Waals surface area contributed by atoms with E-state index in [2.05, 4.69) is 0 Å². The lowest BCUT2D eigenvalue weighted by Gasteiger charge is -2.02. The maximum absolute atomic E-state index is 11.0. The molecule has 0 bridgehead atoms. The second-order valence-electron chi connectivity index (χ2n) is 2.13. The van der Waals surface area contributed by atoms with Gasteiger partial charge in [0.15, 0.2) is 0 Å². The van der Waals surface area contributed by atoms with E-state index in [9.17, 15) is 14.7 Å². The van der Waals surface area contributed by atoms with E-state index < -0.39 is 11.5 Å². The summed E-state index contributed by atoms with van der Waals surface area (Å²) in [6.07, 6.45) is 1.48. The molecule has 0 radical (unpaired) electrons. The fraction of sp³-hybridized carbons (Fsp3) is 0.143. The largest absolute Gasteiger partial charge is 0.545 e. The number of nitrogens with zero attached hydrogens (tertiary/aromatic N) is 1. The van der Waals surface area contributed by atoms with Crippen LogP contribution in [0.15, 0.2) is 23.1 Å². The number of carboxylic acids is 1. The van der Waals surface area contributed by atoms with Crippen molar-refractivity contribution in [3.8, 4) is 0 Å². The quantitative estimate of drug-likeness (QED) is 0.505. The molecule has 0 aliphatic carbocycles. The van der Waals surface area contributed by atoms with Gasteiger partial charge in [-0.1, -0.05) is 0 Å². The van der Waals surface area contributed by atoms with Gasteiger partial charge in [0.1, 0.15) is 0 Å². The Hall–Kier alpha value is -1.58. The molecule has 0 amide bonds. The molecule has 0 saturated heterocycles. The molecule has 0 aromatic carbocycles. The molecule has 1 aromatic heterocycles. The van der Waals surface area contributed by atoms with Crippen LogP contribution in [0.4, 0.5) is 0 Å². The summed E-state index contributed by atoms with van der Waals surface area (Å²) in [5.74, 6) is -1.44. The van der Waals surface area contributed by atoms with Crippen molar-refractivity contribution in [3.05, 3.63) is 34.2 Å². The fourth-order valence-electron chi connectivity index (χ4n) is 0.753. The third-order valence-electron chi connectivity index (χ3n) is 1.34. The van der Waals surface area contributed by atoms with Crippen LogP contribution in [0.5, 0.6) is 0 Å². The Labute approximate surface area is 62.7 Å². The van der Waals surface area contributed by atoms with Gasteiger partial charge in [-0.25, -0.2) is 0 Å². The number of carbonyl (C=O) groups excluding carboxylic acids is 1. The highest BCUT2D eigenvalue weighted by molar-refractivity contribution is 5.85. The molecule has 11 heavy (non-hydrogen) atoms. The summed E-state index contributed by atoms with van der Waals surface area (Å²) in [6.45, 7) is 0. The smallest absolute Gasteiger partial charge is 0.259 e. The van der Waals surface area contributed by atoms with Gasteiger partial charge in [-0.3, -0.25) is 4.79 Å². The molecular weight excluding hydrogens is 146 g/mol. The molecule has 0 spiro atoms. The Morgan fingerprint density at radius 3 is 2.73 bits per heavy atom. The van der Waals surface area contributed by atoms with Crippen LogP contribution in [0.3, 0.4) is 0 Å². The average Bonchev–Trinajstić information content (AvgIpc) is 1.94. The van der Waals surface area contributed by atoms with E-state index in [0.717, 1.165) is 0 Å². The van der Waals surface area contributed by atoms with E-state index >= 15 is 0 Å². The highest BCUT2D eigenvalue weighted by Crippen LogP contribution is 1.87. The Morgan fingerprint density at radius 1 is 1.64 bits per heavy atom. The van der Waals surface area contributed by atoms with Crippen molar-refractivity contribution >= 4 is 5.97 Å². The standard InChI is InChI=1S/C7H7NO3/c1-8-4-2-3-5(6(8)9)7(10)11/h2-4H,1H3,(H,10,11)/p-1. The molecule has 0 aliphatic heterocycles. The van der Waals surface area contributed by atoms with Crippen molar-refractivity contribution in [1.82, 2.24) is 4.57 Å². The monoisotopic (exact) mass is 152 g/mol. The van der Waals surface area contributed by atoms with Gasteiger partial charge in [0.2, 0.25) is 0 Å². The normalized spacial score (nSPS) is 9.55. The van der Waals surface area contributed by atoms with Gasteiger partial charge in [-0.05, 0) is 12.1 Å². The van der Waals surface area contributed by atoms with E-state index in [-0.39, 0.29) is 5.56 Å². The van der Waals surface area contributed by atoms with Crippen LogP contribution in [0.25, 0.3) is 0 Å². The van der Waals surface area contributed by atoms with Gasteiger partial charge in [0.05, 0.1) is 11.5 Å². The zero-order chi connectivity index (χ0) is 8.43. The van der Waals surface area contributed by atoms with Gasteiger partial charge in [0, 0.05) is 13.2 Å². The molecule has 0 saturated carbocycles. The Morgan fingerprint density at radius 2 is 2.27 bits per heavy atom. The Kier molecular flexibility index (Phi) is 1.76. The lowest BCUT2D eigenvalue weighted by atomic mass is 10.3. The van der Waals surface area contributed by atoms with E-state index in [4.69, 9.17) is 0 Å². The number of pyridine rings is 1. The molecule has 0 atom stereocenters. The van der Waals surface area contributed by atoms with Gasteiger partial charge in [-0.2, -0.15) is 0 Å². The molecule has 1 aromatic rings. The lowest BCUT2D eigenvalue weighted by Crippen LogP contribution is -2.32. The maximum Gasteiger partial charge on any atom is 0.259 e. The summed E-state index contributed by atoms with van der Waals surface area (Å²) in [5, 5.41) is 10.2. The average molecular weight is 152 g/mol. The molecule has 4 nitrogen and oxygen atoms in total. The minimum Gasteiger partial charge on any atom is -0.545 e. The van der Waals surface area contributed by atoms with E-state index in [1.54, 1.807) is 0 Å². The van der Waals surface area contributed by atoms with Crippen molar-refractivity contribution in [2.45, 2.75) is 0 Å². The molecule has 0 fully saturated rings. The third-order valence-corrected chi connectivity index (χ3v) is 1.34. The summed E-state index contributed by atoms with van der Waals surface area (Å²) in [6, 6.07) is 2.70. The first-order valence-electron chi connectivity index (χ1n) is 3.00. The summed E-state index contributed by atoms with van der Waals surface area (Å²) < 4.78 is 1.19. The van der Waals surface area contributed by atoms with E-state index in [1.807, 2.05) is 0 Å². The number of rotatable bonds is 1. The summed E-state index contributed by atoms with van der Waals surface area (Å²) in [7, 11) is 1.48. The van der Waals surface area contributed by atoms with Crippen molar-refractivity contribution in [2.75, 3.05) is 0 Å².